The normalized spacial score (nSPS) is 19.3. The first-order valence-electron chi connectivity index (χ1n) is 17.8. The number of likely N-dealkylation sites (tertiary alicyclic amines) is 2. The number of alkyl halides is 2. The van der Waals surface area contributed by atoms with Crippen LogP contribution in [-0.2, 0) is 11.2 Å². The van der Waals surface area contributed by atoms with Gasteiger partial charge in [-0.2, -0.15) is 13.2 Å². The Labute approximate surface area is 308 Å². The molecule has 4 aromatic rings. The minimum absolute atomic E-state index is 0.0401. The van der Waals surface area contributed by atoms with Gasteiger partial charge in [-0.1, -0.05) is 6.92 Å². The second-order valence-corrected chi connectivity index (χ2v) is 14.3. The van der Waals surface area contributed by atoms with E-state index < -0.39 is 30.1 Å². The Morgan fingerprint density at radius 3 is 2.50 bits per heavy atom. The fraction of sp³-hybridized carbons (Fsp3) is 0.432. The average Bonchev–Trinajstić information content (AvgIpc) is 3.55. The number of piperidine rings is 1. The molecule has 4 heterocycles. The molecule has 2 aromatic heterocycles. The smallest absolute Gasteiger partial charge is 0.387 e. The number of imidazole rings is 1. The van der Waals surface area contributed by atoms with Crippen molar-refractivity contribution < 1.29 is 46.3 Å². The van der Waals surface area contributed by atoms with Crippen LogP contribution in [0.4, 0.5) is 33.9 Å². The Morgan fingerprint density at radius 1 is 1.07 bits per heavy atom. The Balaban J connectivity index is 1.03. The minimum atomic E-state index is -3.32. The average molecular weight is 755 g/mol. The van der Waals surface area contributed by atoms with Gasteiger partial charge in [0, 0.05) is 79.6 Å². The summed E-state index contributed by atoms with van der Waals surface area (Å²) in [5, 5.41) is 20.1. The lowest BCUT2D eigenvalue weighted by molar-refractivity contribution is -0.918. The second kappa shape index (κ2) is 15.9. The van der Waals surface area contributed by atoms with Gasteiger partial charge in [-0.15, -0.1) is 0 Å². The summed E-state index contributed by atoms with van der Waals surface area (Å²) in [6.07, 6.45) is 5.11. The third-order valence-electron chi connectivity index (χ3n) is 10.2. The quantitative estimate of drug-likeness (QED) is 0.137. The van der Waals surface area contributed by atoms with Crippen molar-refractivity contribution in [3.05, 3.63) is 71.7 Å². The molecule has 17 heteroatoms. The number of aryl methyl sites for hydroxylation is 1. The molecule has 54 heavy (non-hydrogen) atoms. The first kappa shape index (κ1) is 38.3. The van der Waals surface area contributed by atoms with Crippen molar-refractivity contribution >= 4 is 35.1 Å². The maximum absolute atomic E-state index is 14.9. The van der Waals surface area contributed by atoms with E-state index in [4.69, 9.17) is 0 Å². The van der Waals surface area contributed by atoms with E-state index >= 15 is 0 Å². The molecule has 0 spiro atoms. The summed E-state index contributed by atoms with van der Waals surface area (Å²) < 4.78 is 60.9. The summed E-state index contributed by atoms with van der Waals surface area (Å²) in [7, 11) is 2.16. The third kappa shape index (κ3) is 8.35. The molecule has 0 unspecified atom stereocenters. The standard InChI is InChI=1S/C37H42F4N8O5/c1-4-23-15-25(46-32-33-43-17-28(48(33)12-11-42-32)27-7-8-29(54-36(40)41)31(39)30(27)38)5-6-26(23)35(51)45-21(2)16-44-34(50)24-9-13-49(3,14-10-24)20-22-18-47(19-22)37(52)53/h5-8,11-12,15,17,21-22,24,36H,4,9-10,13-14,16,18-20H2,1-3H3,(H3-,42,44,45,46,50,51,52,53)/t21-,24?,49?/m0/s1. The molecule has 2 aliphatic rings. The Bertz CT molecular complexity index is 2030. The first-order valence-corrected chi connectivity index (χ1v) is 17.8. The number of aromatic nitrogens is 3. The highest BCUT2D eigenvalue weighted by molar-refractivity contribution is 5.96. The van der Waals surface area contributed by atoms with Crippen LogP contribution in [0.2, 0.25) is 0 Å². The number of carboxylic acid groups (broad SMARTS) is 1. The number of hydrogen-bond acceptors (Lipinski definition) is 8. The van der Waals surface area contributed by atoms with Crippen molar-refractivity contribution in [1.29, 1.82) is 0 Å². The van der Waals surface area contributed by atoms with Crippen molar-refractivity contribution in [1.82, 2.24) is 29.9 Å². The van der Waals surface area contributed by atoms with E-state index in [0.29, 0.717) is 36.7 Å². The van der Waals surface area contributed by atoms with Crippen LogP contribution in [0.15, 0.2) is 48.9 Å². The molecule has 2 aliphatic heterocycles. The van der Waals surface area contributed by atoms with Crippen LogP contribution in [0.5, 0.6) is 5.75 Å². The van der Waals surface area contributed by atoms with Gasteiger partial charge in [-0.3, -0.25) is 14.0 Å². The van der Waals surface area contributed by atoms with Crippen LogP contribution < -0.4 is 25.8 Å². The maximum atomic E-state index is 14.9. The predicted octanol–water partition coefficient (Wildman–Crippen LogP) is 3.95. The van der Waals surface area contributed by atoms with E-state index in [0.717, 1.165) is 54.7 Å². The van der Waals surface area contributed by atoms with Crippen LogP contribution in [0.25, 0.3) is 16.9 Å². The van der Waals surface area contributed by atoms with Crippen molar-refractivity contribution in [2.75, 3.05) is 51.6 Å². The highest BCUT2D eigenvalue weighted by Gasteiger charge is 2.38. The zero-order chi connectivity index (χ0) is 38.7. The van der Waals surface area contributed by atoms with Crippen LogP contribution in [-0.4, -0.2) is 101 Å². The molecule has 2 aromatic carbocycles. The molecule has 13 nitrogen and oxygen atoms in total. The zero-order valence-corrected chi connectivity index (χ0v) is 30.1. The highest BCUT2D eigenvalue weighted by atomic mass is 19.3. The van der Waals surface area contributed by atoms with E-state index in [2.05, 4.69) is 37.7 Å². The van der Waals surface area contributed by atoms with Gasteiger partial charge in [0.2, 0.25) is 11.7 Å². The summed E-state index contributed by atoms with van der Waals surface area (Å²) in [5.74, 6) is -3.69. The van der Waals surface area contributed by atoms with Crippen molar-refractivity contribution in [3.8, 4) is 17.0 Å². The summed E-state index contributed by atoms with van der Waals surface area (Å²) in [4.78, 5) is 47.3. The monoisotopic (exact) mass is 754 g/mol. The summed E-state index contributed by atoms with van der Waals surface area (Å²) >= 11 is 0. The fourth-order valence-electron chi connectivity index (χ4n) is 7.29. The number of halogens is 4. The molecule has 0 radical (unpaired) electrons. The van der Waals surface area contributed by atoms with Crippen molar-refractivity contribution in [2.45, 2.75) is 45.8 Å². The number of benzene rings is 2. The van der Waals surface area contributed by atoms with E-state index in [9.17, 15) is 37.1 Å². The van der Waals surface area contributed by atoms with Gasteiger partial charge in [0.05, 0.1) is 38.6 Å². The molecule has 1 atom stereocenters. The predicted molar refractivity (Wildman–Crippen MR) is 188 cm³/mol. The molecule has 3 amide bonds. The van der Waals surface area contributed by atoms with Gasteiger partial charge >= 0.3 is 6.61 Å². The molecule has 2 saturated heterocycles. The lowest BCUT2D eigenvalue weighted by Gasteiger charge is -2.47. The van der Waals surface area contributed by atoms with Crippen molar-refractivity contribution in [2.24, 2.45) is 11.8 Å². The maximum Gasteiger partial charge on any atom is 0.387 e. The lowest BCUT2D eigenvalue weighted by Crippen LogP contribution is -2.62. The topological polar surface area (TPSA) is 153 Å². The molecule has 6 rings (SSSR count). The Kier molecular flexibility index (Phi) is 11.3. The van der Waals surface area contributed by atoms with Gasteiger partial charge in [0.1, 0.15) is 6.09 Å². The van der Waals surface area contributed by atoms with E-state index in [1.165, 1.54) is 27.9 Å². The van der Waals surface area contributed by atoms with Gasteiger partial charge in [0.15, 0.2) is 23.0 Å². The fourth-order valence-corrected chi connectivity index (χ4v) is 7.29. The Hall–Kier alpha value is -5.45. The number of amides is 3. The number of nitrogens with one attached hydrogen (secondary N) is 3. The van der Waals surface area contributed by atoms with E-state index in [1.807, 2.05) is 13.8 Å². The largest absolute Gasteiger partial charge is 0.530 e. The van der Waals surface area contributed by atoms with Gasteiger partial charge in [-0.05, 0) is 49.2 Å². The van der Waals surface area contributed by atoms with Crippen LogP contribution >= 0.6 is 0 Å². The molecule has 0 saturated carbocycles. The summed E-state index contributed by atoms with van der Waals surface area (Å²) in [5.41, 5.74) is 2.00. The molecular formula is C37H42F4N8O5. The number of carbonyl (C=O) groups excluding carboxylic acids is 3. The van der Waals surface area contributed by atoms with Crippen LogP contribution in [0, 0.1) is 23.5 Å². The highest BCUT2D eigenvalue weighted by Crippen LogP contribution is 2.33. The molecule has 2 fully saturated rings. The number of carbonyl (C=O) groups is 3. The van der Waals surface area contributed by atoms with Gasteiger partial charge in [-0.25, -0.2) is 14.4 Å². The number of fused-ring (bicyclic) bond motifs is 1. The number of nitrogens with zero attached hydrogens (tertiary/aromatic N) is 5. The molecule has 3 N–H and O–H groups in total. The molecule has 0 aliphatic carbocycles. The molecule has 288 valence electrons. The number of anilines is 2. The minimum Gasteiger partial charge on any atom is -0.530 e. The Morgan fingerprint density at radius 2 is 1.81 bits per heavy atom. The summed E-state index contributed by atoms with van der Waals surface area (Å²) in [6, 6.07) is 6.88. The third-order valence-corrected chi connectivity index (χ3v) is 10.2. The van der Waals surface area contributed by atoms with Gasteiger partial charge < -0.3 is 40.0 Å². The second-order valence-electron chi connectivity index (χ2n) is 14.3. The van der Waals surface area contributed by atoms with E-state index in [-0.39, 0.29) is 53.0 Å². The van der Waals surface area contributed by atoms with Gasteiger partial charge in [0.25, 0.3) is 5.91 Å². The summed E-state index contributed by atoms with van der Waals surface area (Å²) in [6.45, 7) is 4.25. The number of rotatable bonds is 13. The van der Waals surface area contributed by atoms with Crippen molar-refractivity contribution in [3.63, 3.8) is 0 Å². The number of ether oxygens (including phenoxy) is 1. The molecule has 0 bridgehead atoms. The van der Waals surface area contributed by atoms with Crippen LogP contribution in [0.1, 0.15) is 42.6 Å². The van der Waals surface area contributed by atoms with Crippen LogP contribution in [0.3, 0.4) is 0 Å². The number of quaternary nitrogens is 1. The molecular weight excluding hydrogens is 712 g/mol. The SMILES string of the molecule is CCc1cc(Nc2nccn3c(-c4ccc(OC(F)F)c(F)c4F)cnc23)ccc1C(=O)N[C@@H](C)CNC(=O)C1CC[N+](C)(CC2CN(C(=O)[O-])C2)CC1. The number of hydrogen-bond donors (Lipinski definition) is 3. The zero-order valence-electron chi connectivity index (χ0n) is 30.1. The van der Waals surface area contributed by atoms with E-state index in [1.54, 1.807) is 18.2 Å². The first-order chi connectivity index (χ1) is 25.7. The lowest BCUT2D eigenvalue weighted by atomic mass is 9.91.